The predicted molar refractivity (Wildman–Crippen MR) is 158 cm³/mol. The molecule has 0 aliphatic rings. The van der Waals surface area contributed by atoms with Gasteiger partial charge in [0, 0.05) is 5.69 Å². The van der Waals surface area contributed by atoms with Crippen LogP contribution in [0.15, 0.2) is 76.8 Å². The minimum absolute atomic E-state index is 0.119. The average Bonchev–Trinajstić information content (AvgIpc) is 3.54. The summed E-state index contributed by atoms with van der Waals surface area (Å²) in [5.41, 5.74) is 1.82. The van der Waals surface area contributed by atoms with Gasteiger partial charge in [0.2, 0.25) is 5.91 Å². The molecule has 0 saturated heterocycles. The third-order valence-electron chi connectivity index (χ3n) is 5.87. The Balaban J connectivity index is 1.35. The molecular formula is C28H24N6O5S2. The number of nitrogens with zero attached hydrogens (tertiary/aromatic N) is 3. The average molecular weight is 589 g/mol. The number of aromatic amines is 1. The van der Waals surface area contributed by atoms with Crippen LogP contribution in [0.4, 0.5) is 10.7 Å². The van der Waals surface area contributed by atoms with Crippen LogP contribution in [-0.2, 0) is 9.53 Å². The summed E-state index contributed by atoms with van der Waals surface area (Å²) in [6.45, 7) is 3.43. The number of hydrogen-bond donors (Lipinski definition) is 3. The number of rotatable bonds is 9. The molecule has 0 bridgehead atoms. The van der Waals surface area contributed by atoms with Crippen molar-refractivity contribution in [1.29, 1.82) is 0 Å². The molecule has 0 fully saturated rings. The van der Waals surface area contributed by atoms with Crippen molar-refractivity contribution in [2.75, 3.05) is 23.0 Å². The van der Waals surface area contributed by atoms with Crippen LogP contribution in [0.3, 0.4) is 0 Å². The molecule has 3 heterocycles. The molecule has 0 saturated carbocycles. The number of H-pyrrole nitrogens is 1. The second kappa shape index (κ2) is 12.2. The number of thiophene rings is 1. The van der Waals surface area contributed by atoms with Gasteiger partial charge in [0.05, 0.1) is 34.7 Å². The van der Waals surface area contributed by atoms with Crippen molar-refractivity contribution >= 4 is 62.6 Å². The van der Waals surface area contributed by atoms with Crippen molar-refractivity contribution in [1.82, 2.24) is 19.7 Å². The Hall–Kier alpha value is -4.75. The third-order valence-corrected chi connectivity index (χ3v) is 7.95. The van der Waals surface area contributed by atoms with E-state index >= 15 is 0 Å². The van der Waals surface area contributed by atoms with Gasteiger partial charge in [-0.3, -0.25) is 14.4 Å². The first kappa shape index (κ1) is 27.8. The molecule has 3 aromatic heterocycles. The van der Waals surface area contributed by atoms with Crippen molar-refractivity contribution < 1.29 is 19.1 Å². The highest BCUT2D eigenvalue weighted by atomic mass is 32.2. The molecule has 0 spiro atoms. The molecule has 2 aromatic carbocycles. The van der Waals surface area contributed by atoms with E-state index in [2.05, 4.69) is 25.7 Å². The standard InChI is InChI=1S/C28H24N6O5S2/c1-3-39-27(38)21-16(2)22(25(37)30-17-10-6-4-7-11-17)41-26(21)31-20(35)15-40-28-32-23-19(24(36)33-28)14-29-34(23)18-12-8-5-9-13-18/h4-14H,3,15H2,1-2H3,(H,30,37)(H,31,35)(H,32,33,36). The molecular weight excluding hydrogens is 564 g/mol. The Labute approximate surface area is 242 Å². The summed E-state index contributed by atoms with van der Waals surface area (Å²) in [7, 11) is 0. The van der Waals surface area contributed by atoms with Crippen LogP contribution >= 0.6 is 23.1 Å². The first-order chi connectivity index (χ1) is 19.9. The van der Waals surface area contributed by atoms with E-state index in [-0.39, 0.29) is 38.5 Å². The van der Waals surface area contributed by atoms with Crippen LogP contribution in [0.25, 0.3) is 16.7 Å². The fourth-order valence-electron chi connectivity index (χ4n) is 4.00. The van der Waals surface area contributed by atoms with Crippen LogP contribution in [0.5, 0.6) is 0 Å². The maximum absolute atomic E-state index is 13.0. The van der Waals surface area contributed by atoms with Crippen molar-refractivity contribution in [3.63, 3.8) is 0 Å². The number of anilines is 2. The number of benzene rings is 2. The number of ether oxygens (including phenoxy) is 1. The number of para-hydroxylation sites is 2. The summed E-state index contributed by atoms with van der Waals surface area (Å²) >= 11 is 2.00. The number of fused-ring (bicyclic) bond motifs is 1. The largest absolute Gasteiger partial charge is 0.462 e. The molecule has 0 unspecified atom stereocenters. The summed E-state index contributed by atoms with van der Waals surface area (Å²) in [6.07, 6.45) is 1.44. The molecule has 11 nitrogen and oxygen atoms in total. The van der Waals surface area contributed by atoms with Crippen LogP contribution in [0.1, 0.15) is 32.5 Å². The molecule has 0 aliphatic carbocycles. The van der Waals surface area contributed by atoms with Gasteiger partial charge in [0.25, 0.3) is 11.5 Å². The van der Waals surface area contributed by atoms with E-state index < -0.39 is 17.8 Å². The quantitative estimate of drug-likeness (QED) is 0.128. The topological polar surface area (TPSA) is 148 Å². The number of aromatic nitrogens is 4. The second-order valence-electron chi connectivity index (χ2n) is 8.64. The lowest BCUT2D eigenvalue weighted by atomic mass is 10.1. The van der Waals surface area contributed by atoms with Gasteiger partial charge in [-0.15, -0.1) is 11.3 Å². The lowest BCUT2D eigenvalue weighted by molar-refractivity contribution is -0.113. The zero-order valence-corrected chi connectivity index (χ0v) is 23.6. The van der Waals surface area contributed by atoms with E-state index in [9.17, 15) is 19.2 Å². The summed E-state index contributed by atoms with van der Waals surface area (Å²) in [6, 6.07) is 18.2. The van der Waals surface area contributed by atoms with Gasteiger partial charge in [-0.05, 0) is 43.7 Å². The molecule has 208 valence electrons. The van der Waals surface area contributed by atoms with Gasteiger partial charge in [0.1, 0.15) is 10.4 Å². The van der Waals surface area contributed by atoms with Crippen molar-refractivity contribution in [3.8, 4) is 5.69 Å². The normalized spacial score (nSPS) is 10.9. The maximum Gasteiger partial charge on any atom is 0.341 e. The number of esters is 1. The van der Waals surface area contributed by atoms with Crippen molar-refractivity contribution in [2.45, 2.75) is 19.0 Å². The smallest absolute Gasteiger partial charge is 0.341 e. The molecule has 41 heavy (non-hydrogen) atoms. The molecule has 2 amide bonds. The fourth-order valence-corrected chi connectivity index (χ4v) is 5.76. The number of nitrogens with one attached hydrogen (secondary N) is 3. The van der Waals surface area contributed by atoms with E-state index in [0.29, 0.717) is 22.3 Å². The first-order valence-corrected chi connectivity index (χ1v) is 14.3. The van der Waals surface area contributed by atoms with Gasteiger partial charge in [0.15, 0.2) is 10.8 Å². The van der Waals surface area contributed by atoms with Crippen LogP contribution in [0.2, 0.25) is 0 Å². The minimum Gasteiger partial charge on any atom is -0.462 e. The number of hydrogen-bond acceptors (Lipinski definition) is 9. The summed E-state index contributed by atoms with van der Waals surface area (Å²) in [5, 5.41) is 10.5. The second-order valence-corrected chi connectivity index (χ2v) is 10.6. The molecule has 0 radical (unpaired) electrons. The van der Waals surface area contributed by atoms with E-state index in [1.54, 1.807) is 42.8 Å². The van der Waals surface area contributed by atoms with Crippen molar-refractivity contribution in [3.05, 3.63) is 93.2 Å². The Morgan fingerprint density at radius 2 is 1.76 bits per heavy atom. The summed E-state index contributed by atoms with van der Waals surface area (Å²) in [4.78, 5) is 58.8. The first-order valence-electron chi connectivity index (χ1n) is 12.5. The zero-order valence-electron chi connectivity index (χ0n) is 22.0. The van der Waals surface area contributed by atoms with E-state index in [1.807, 2.05) is 36.4 Å². The van der Waals surface area contributed by atoms with Crippen molar-refractivity contribution in [2.24, 2.45) is 0 Å². The molecule has 3 N–H and O–H groups in total. The number of thioether (sulfide) groups is 1. The minimum atomic E-state index is -0.645. The maximum atomic E-state index is 13.0. The monoisotopic (exact) mass is 588 g/mol. The Kier molecular flexibility index (Phi) is 8.26. The molecule has 13 heteroatoms. The zero-order chi connectivity index (χ0) is 28.9. The molecule has 0 aliphatic heterocycles. The van der Waals surface area contributed by atoms with E-state index in [1.165, 1.54) is 6.20 Å². The van der Waals surface area contributed by atoms with Gasteiger partial charge in [-0.2, -0.15) is 5.10 Å². The van der Waals surface area contributed by atoms with Crippen LogP contribution in [0, 0.1) is 6.92 Å². The SMILES string of the molecule is CCOC(=O)c1c(NC(=O)CSc2nc3c(cnn3-c3ccccc3)c(=O)[nH]2)sc(C(=O)Nc2ccccc2)c1C. The molecule has 5 rings (SSSR count). The fraction of sp³-hybridized carbons (Fsp3) is 0.143. The summed E-state index contributed by atoms with van der Waals surface area (Å²) < 4.78 is 6.74. The van der Waals surface area contributed by atoms with E-state index in [0.717, 1.165) is 28.8 Å². The number of carbonyl (C=O) groups is 3. The Morgan fingerprint density at radius 1 is 1.05 bits per heavy atom. The molecule has 0 atom stereocenters. The van der Waals surface area contributed by atoms with Crippen LogP contribution < -0.4 is 16.2 Å². The predicted octanol–water partition coefficient (Wildman–Crippen LogP) is 4.64. The van der Waals surface area contributed by atoms with Gasteiger partial charge in [-0.1, -0.05) is 48.2 Å². The highest BCUT2D eigenvalue weighted by molar-refractivity contribution is 7.99. The highest BCUT2D eigenvalue weighted by Crippen LogP contribution is 2.34. The molecule has 5 aromatic rings. The number of amides is 2. The number of carbonyl (C=O) groups excluding carboxylic acids is 3. The Bertz CT molecular complexity index is 1800. The van der Waals surface area contributed by atoms with E-state index in [4.69, 9.17) is 4.74 Å². The van der Waals surface area contributed by atoms with Gasteiger partial charge < -0.3 is 20.4 Å². The van der Waals surface area contributed by atoms with Crippen LogP contribution in [-0.4, -0.2) is 49.9 Å². The van der Waals surface area contributed by atoms with Gasteiger partial charge >= 0.3 is 5.97 Å². The lowest BCUT2D eigenvalue weighted by Gasteiger charge is -2.07. The Morgan fingerprint density at radius 3 is 2.46 bits per heavy atom. The summed E-state index contributed by atoms with van der Waals surface area (Å²) in [5.74, 6) is -1.65. The highest BCUT2D eigenvalue weighted by Gasteiger charge is 2.27. The third kappa shape index (κ3) is 6.05. The lowest BCUT2D eigenvalue weighted by Crippen LogP contribution is -2.17. The van der Waals surface area contributed by atoms with Gasteiger partial charge in [-0.25, -0.2) is 14.5 Å².